The van der Waals surface area contributed by atoms with E-state index in [1.54, 1.807) is 0 Å². The van der Waals surface area contributed by atoms with Crippen molar-refractivity contribution in [1.29, 1.82) is 5.26 Å². The summed E-state index contributed by atoms with van der Waals surface area (Å²) in [6.07, 6.45) is 33.2. The SMILES string of the molecule is Brc1ccc(Oc2ccccc2)cc1.N#CC1(N2CCC(C3CCCCC3)CC2)CCCCC1.c1ccc(Oc2ccc(C3(N4CCC(C5CCCCC5)CC4)CCCCC3)cc2)cc1. The Labute approximate surface area is 401 Å². The first-order valence-electron chi connectivity index (χ1n) is 26.3. The molecule has 5 nitrogen and oxygen atoms in total. The van der Waals surface area contributed by atoms with Crippen LogP contribution in [0.2, 0.25) is 0 Å². The number of para-hydroxylation sites is 2. The van der Waals surface area contributed by atoms with Gasteiger partial charge in [-0.3, -0.25) is 9.80 Å². The van der Waals surface area contributed by atoms with Gasteiger partial charge in [0.05, 0.1) is 6.07 Å². The molecular weight excluding hydrogens is 863 g/mol. The zero-order valence-electron chi connectivity index (χ0n) is 39.5. The van der Waals surface area contributed by atoms with Crippen LogP contribution in [-0.4, -0.2) is 41.5 Å². The lowest BCUT2D eigenvalue weighted by Gasteiger charge is -2.50. The molecule has 65 heavy (non-hydrogen) atoms. The average molecular weight is 941 g/mol. The smallest absolute Gasteiger partial charge is 0.127 e. The molecular formula is C59H78BrN3O2. The predicted octanol–water partition coefficient (Wildman–Crippen LogP) is 16.7. The summed E-state index contributed by atoms with van der Waals surface area (Å²) >= 11 is 3.38. The molecule has 0 spiro atoms. The lowest BCUT2D eigenvalue weighted by molar-refractivity contribution is 0.00517. The molecule has 6 fully saturated rings. The maximum Gasteiger partial charge on any atom is 0.127 e. The number of nitrogens with zero attached hydrogens (tertiary/aromatic N) is 3. The second kappa shape index (κ2) is 24.4. The molecule has 6 aliphatic rings. The molecule has 0 radical (unpaired) electrons. The van der Waals surface area contributed by atoms with Crippen LogP contribution in [-0.2, 0) is 5.54 Å². The van der Waals surface area contributed by atoms with Crippen LogP contribution in [0, 0.1) is 35.0 Å². The van der Waals surface area contributed by atoms with Gasteiger partial charge >= 0.3 is 0 Å². The van der Waals surface area contributed by atoms with Gasteiger partial charge in [0.15, 0.2) is 0 Å². The molecule has 6 heteroatoms. The van der Waals surface area contributed by atoms with Gasteiger partial charge in [0, 0.05) is 10.0 Å². The van der Waals surface area contributed by atoms with E-state index in [-0.39, 0.29) is 11.1 Å². The van der Waals surface area contributed by atoms with E-state index in [1.807, 2.05) is 84.9 Å². The number of hydrogen-bond acceptors (Lipinski definition) is 5. The summed E-state index contributed by atoms with van der Waals surface area (Å²) in [5.74, 6) is 7.53. The van der Waals surface area contributed by atoms with Gasteiger partial charge in [-0.05, 0) is 167 Å². The van der Waals surface area contributed by atoms with E-state index >= 15 is 0 Å². The molecule has 0 bridgehead atoms. The molecule has 4 saturated carbocycles. The van der Waals surface area contributed by atoms with Gasteiger partial charge < -0.3 is 9.47 Å². The van der Waals surface area contributed by atoms with Crippen molar-refractivity contribution in [3.63, 3.8) is 0 Å². The summed E-state index contributed by atoms with van der Waals surface area (Å²) in [4.78, 5) is 5.45. The predicted molar refractivity (Wildman–Crippen MR) is 272 cm³/mol. The molecule has 2 heterocycles. The Morgan fingerprint density at radius 2 is 0.785 bits per heavy atom. The first kappa shape index (κ1) is 47.8. The molecule has 0 atom stereocenters. The lowest BCUT2D eigenvalue weighted by atomic mass is 9.72. The van der Waals surface area contributed by atoms with Crippen LogP contribution in [0.25, 0.3) is 0 Å². The van der Waals surface area contributed by atoms with Gasteiger partial charge in [0.25, 0.3) is 0 Å². The van der Waals surface area contributed by atoms with Gasteiger partial charge in [-0.1, -0.05) is 167 Å². The van der Waals surface area contributed by atoms with Crippen LogP contribution in [0.15, 0.2) is 114 Å². The Bertz CT molecular complexity index is 1980. The van der Waals surface area contributed by atoms with E-state index in [4.69, 9.17) is 9.47 Å². The summed E-state index contributed by atoms with van der Waals surface area (Å²) in [6, 6.07) is 39.4. The molecule has 0 amide bonds. The second-order valence-corrected chi connectivity index (χ2v) is 21.5. The molecule has 4 aromatic rings. The van der Waals surface area contributed by atoms with Crippen LogP contribution in [0.5, 0.6) is 23.0 Å². The number of rotatable bonds is 9. The summed E-state index contributed by atoms with van der Waals surface area (Å²) in [6.45, 7) is 4.97. The van der Waals surface area contributed by atoms with Crippen LogP contribution in [0.3, 0.4) is 0 Å². The van der Waals surface area contributed by atoms with Crippen molar-refractivity contribution in [2.45, 2.75) is 165 Å². The fraction of sp³-hybridized carbons (Fsp3) is 0.576. The van der Waals surface area contributed by atoms with Crippen molar-refractivity contribution < 1.29 is 9.47 Å². The van der Waals surface area contributed by atoms with Gasteiger partial charge in [0.1, 0.15) is 28.5 Å². The fourth-order valence-corrected chi connectivity index (χ4v) is 13.2. The van der Waals surface area contributed by atoms with E-state index in [9.17, 15) is 5.26 Å². The standard InChI is InChI=1S/C29H39NO.C18H30N2.C12H9BrO/c1-4-10-24(11-5-1)25-18-22-30(23-19-25)29(20-8-3-9-21-29)26-14-16-28(17-15-26)31-27-12-6-2-7-13-27;19-15-18(11-5-2-6-12-18)20-13-9-17(10-14-20)16-7-3-1-4-8-16;13-10-6-8-12(9-7-10)14-11-4-2-1-3-5-11/h2,6-7,12-17,24-25H,1,3-5,8-11,18-23H2;16-17H,1-14H2;1-9H. The van der Waals surface area contributed by atoms with E-state index in [1.165, 1.54) is 173 Å². The summed E-state index contributed by atoms with van der Waals surface area (Å²) < 4.78 is 12.7. The minimum Gasteiger partial charge on any atom is -0.457 e. The van der Waals surface area contributed by atoms with E-state index in [2.05, 4.69) is 56.1 Å². The van der Waals surface area contributed by atoms with Crippen LogP contribution in [0.1, 0.15) is 160 Å². The Balaban J connectivity index is 0.000000145. The number of nitriles is 1. The third-order valence-corrected chi connectivity index (χ3v) is 17.2. The number of benzene rings is 4. The summed E-state index contributed by atoms with van der Waals surface area (Å²) in [5, 5.41) is 9.72. The molecule has 10 rings (SSSR count). The lowest BCUT2D eigenvalue weighted by Crippen LogP contribution is -2.52. The highest BCUT2D eigenvalue weighted by atomic mass is 79.9. The van der Waals surface area contributed by atoms with E-state index in [0.29, 0.717) is 0 Å². The summed E-state index contributed by atoms with van der Waals surface area (Å²) in [7, 11) is 0. The Kier molecular flexibility index (Phi) is 18.0. The average Bonchev–Trinajstić information content (AvgIpc) is 3.39. The van der Waals surface area contributed by atoms with Crippen molar-refractivity contribution in [1.82, 2.24) is 9.80 Å². The highest BCUT2D eigenvalue weighted by Gasteiger charge is 2.43. The number of hydrogen-bond donors (Lipinski definition) is 0. The van der Waals surface area contributed by atoms with Crippen molar-refractivity contribution in [2.24, 2.45) is 23.7 Å². The first-order chi connectivity index (χ1) is 32.0. The molecule has 0 aromatic heterocycles. The second-order valence-electron chi connectivity index (χ2n) is 20.5. The maximum absolute atomic E-state index is 9.72. The molecule has 0 N–H and O–H groups in total. The number of likely N-dealkylation sites (tertiary alicyclic amines) is 2. The largest absolute Gasteiger partial charge is 0.457 e. The maximum atomic E-state index is 9.72. The van der Waals surface area contributed by atoms with Crippen molar-refractivity contribution >= 4 is 15.9 Å². The third kappa shape index (κ3) is 13.1. The Hall–Kier alpha value is -3.63. The van der Waals surface area contributed by atoms with Crippen molar-refractivity contribution in [3.05, 3.63) is 119 Å². The summed E-state index contributed by atoms with van der Waals surface area (Å²) in [5.41, 5.74) is 1.68. The van der Waals surface area contributed by atoms with Crippen LogP contribution >= 0.6 is 15.9 Å². The van der Waals surface area contributed by atoms with Gasteiger partial charge in [-0.15, -0.1) is 0 Å². The quantitative estimate of drug-likeness (QED) is 0.167. The molecule has 2 saturated heterocycles. The minimum absolute atomic E-state index is 0.0875. The van der Waals surface area contributed by atoms with E-state index < -0.39 is 0 Å². The van der Waals surface area contributed by atoms with Gasteiger partial charge in [0.2, 0.25) is 0 Å². The highest BCUT2D eigenvalue weighted by Crippen LogP contribution is 2.46. The monoisotopic (exact) mass is 940 g/mol. The third-order valence-electron chi connectivity index (χ3n) is 16.7. The fourth-order valence-electron chi connectivity index (χ4n) is 13.0. The number of piperidine rings is 2. The molecule has 348 valence electrons. The molecule has 4 aliphatic carbocycles. The normalized spacial score (nSPS) is 22.5. The van der Waals surface area contributed by atoms with E-state index in [0.717, 1.165) is 64.0 Å². The van der Waals surface area contributed by atoms with Crippen LogP contribution in [0.4, 0.5) is 0 Å². The Morgan fingerprint density at radius 1 is 0.415 bits per heavy atom. The Morgan fingerprint density at radius 3 is 1.23 bits per heavy atom. The minimum atomic E-state index is -0.0875. The molecule has 4 aromatic carbocycles. The first-order valence-corrected chi connectivity index (χ1v) is 27.0. The zero-order valence-corrected chi connectivity index (χ0v) is 41.1. The zero-order chi connectivity index (χ0) is 44.6. The molecule has 2 aliphatic heterocycles. The topological polar surface area (TPSA) is 48.7 Å². The number of ether oxygens (including phenoxy) is 2. The van der Waals surface area contributed by atoms with Gasteiger partial charge in [-0.2, -0.15) is 5.26 Å². The van der Waals surface area contributed by atoms with Crippen molar-refractivity contribution in [2.75, 3.05) is 26.2 Å². The molecule has 0 unspecified atom stereocenters. The van der Waals surface area contributed by atoms with Crippen LogP contribution < -0.4 is 9.47 Å². The highest BCUT2D eigenvalue weighted by molar-refractivity contribution is 9.10. The van der Waals surface area contributed by atoms with Gasteiger partial charge in [-0.25, -0.2) is 0 Å². The number of halogens is 1. The van der Waals surface area contributed by atoms with Crippen molar-refractivity contribution in [3.8, 4) is 29.1 Å².